The summed E-state index contributed by atoms with van der Waals surface area (Å²) in [5.41, 5.74) is 6.69. The Bertz CT molecular complexity index is 569. The zero-order valence-electron chi connectivity index (χ0n) is 11.1. The highest BCUT2D eigenvalue weighted by atomic mass is 19.1. The first-order chi connectivity index (χ1) is 9.70. The Balaban J connectivity index is 1.69. The highest BCUT2D eigenvalue weighted by Crippen LogP contribution is 2.17. The minimum absolute atomic E-state index is 0.225. The number of halogens is 1. The molecule has 1 fully saturated rings. The molecule has 0 unspecified atom stereocenters. The van der Waals surface area contributed by atoms with Gasteiger partial charge in [-0.05, 0) is 43.7 Å². The fraction of sp³-hybridized carbons (Fsp3) is 0.429. The van der Waals surface area contributed by atoms with Crippen LogP contribution in [-0.4, -0.2) is 34.2 Å². The molecule has 2 aromatic rings. The van der Waals surface area contributed by atoms with Crippen molar-refractivity contribution in [3.8, 4) is 11.4 Å². The van der Waals surface area contributed by atoms with Crippen molar-refractivity contribution in [1.29, 1.82) is 0 Å². The van der Waals surface area contributed by atoms with Crippen molar-refractivity contribution >= 4 is 0 Å². The summed E-state index contributed by atoms with van der Waals surface area (Å²) in [5, 5.41) is 3.93. The van der Waals surface area contributed by atoms with Gasteiger partial charge in [0.2, 0.25) is 11.7 Å². The third-order valence-corrected chi connectivity index (χ3v) is 3.47. The molecule has 1 saturated heterocycles. The van der Waals surface area contributed by atoms with Gasteiger partial charge in [0, 0.05) is 18.2 Å². The molecule has 1 aliphatic rings. The van der Waals surface area contributed by atoms with E-state index in [1.807, 2.05) is 0 Å². The van der Waals surface area contributed by atoms with E-state index in [0.717, 1.165) is 31.5 Å². The van der Waals surface area contributed by atoms with E-state index < -0.39 is 0 Å². The number of rotatable bonds is 3. The Labute approximate surface area is 116 Å². The monoisotopic (exact) mass is 276 g/mol. The van der Waals surface area contributed by atoms with Crippen molar-refractivity contribution in [2.45, 2.75) is 25.4 Å². The first-order valence-electron chi connectivity index (χ1n) is 6.77. The molecular formula is C14H17FN4O. The number of hydrogen-bond acceptors (Lipinski definition) is 5. The number of nitrogens with two attached hydrogens (primary N) is 1. The maximum absolute atomic E-state index is 12.9. The van der Waals surface area contributed by atoms with Gasteiger partial charge in [0.25, 0.3) is 0 Å². The van der Waals surface area contributed by atoms with Gasteiger partial charge in [-0.25, -0.2) is 4.39 Å². The van der Waals surface area contributed by atoms with Gasteiger partial charge in [-0.3, -0.25) is 4.90 Å². The van der Waals surface area contributed by atoms with E-state index in [-0.39, 0.29) is 11.9 Å². The zero-order valence-corrected chi connectivity index (χ0v) is 11.1. The van der Waals surface area contributed by atoms with E-state index in [4.69, 9.17) is 10.3 Å². The quantitative estimate of drug-likeness (QED) is 0.925. The Morgan fingerprint density at radius 2 is 2.15 bits per heavy atom. The summed E-state index contributed by atoms with van der Waals surface area (Å²) >= 11 is 0. The average molecular weight is 276 g/mol. The van der Waals surface area contributed by atoms with Crippen LogP contribution >= 0.6 is 0 Å². The minimum atomic E-state index is -0.278. The smallest absolute Gasteiger partial charge is 0.241 e. The molecule has 0 aliphatic carbocycles. The van der Waals surface area contributed by atoms with Gasteiger partial charge in [0.15, 0.2) is 0 Å². The van der Waals surface area contributed by atoms with Crippen LogP contribution in [-0.2, 0) is 6.54 Å². The molecule has 5 nitrogen and oxygen atoms in total. The van der Waals surface area contributed by atoms with Crippen LogP contribution in [0.1, 0.15) is 18.7 Å². The highest BCUT2D eigenvalue weighted by molar-refractivity contribution is 5.53. The van der Waals surface area contributed by atoms with E-state index in [1.54, 1.807) is 12.1 Å². The van der Waals surface area contributed by atoms with Gasteiger partial charge in [0.05, 0.1) is 6.54 Å². The summed E-state index contributed by atoms with van der Waals surface area (Å²) in [5.74, 6) is 0.777. The summed E-state index contributed by atoms with van der Waals surface area (Å²) in [6, 6.07) is 6.27. The predicted molar refractivity (Wildman–Crippen MR) is 72.2 cm³/mol. The lowest BCUT2D eigenvalue weighted by Crippen LogP contribution is -2.42. The van der Waals surface area contributed by atoms with Crippen molar-refractivity contribution in [3.05, 3.63) is 36.0 Å². The maximum atomic E-state index is 12.9. The lowest BCUT2D eigenvalue weighted by molar-refractivity contribution is 0.178. The summed E-state index contributed by atoms with van der Waals surface area (Å²) in [6.07, 6.45) is 2.17. The molecule has 1 atom stereocenters. The number of aromatic nitrogens is 2. The normalized spacial score (nSPS) is 20.2. The summed E-state index contributed by atoms with van der Waals surface area (Å²) in [7, 11) is 0. The first-order valence-corrected chi connectivity index (χ1v) is 6.77. The summed E-state index contributed by atoms with van der Waals surface area (Å²) < 4.78 is 18.1. The van der Waals surface area contributed by atoms with Gasteiger partial charge >= 0.3 is 0 Å². The van der Waals surface area contributed by atoms with Crippen LogP contribution in [0, 0.1) is 5.82 Å². The molecule has 0 amide bonds. The molecule has 0 saturated carbocycles. The second kappa shape index (κ2) is 5.68. The SMILES string of the molecule is N[C@@H]1CCCN(Cc2nc(-c3ccc(F)cc3)no2)C1. The third kappa shape index (κ3) is 3.02. The number of nitrogens with zero attached hydrogens (tertiary/aromatic N) is 3. The van der Waals surface area contributed by atoms with E-state index >= 15 is 0 Å². The van der Waals surface area contributed by atoms with Gasteiger partial charge in [0.1, 0.15) is 5.82 Å². The Kier molecular flexibility index (Phi) is 3.75. The van der Waals surface area contributed by atoms with Gasteiger partial charge in [-0.15, -0.1) is 0 Å². The standard InChI is InChI=1S/C14H17FN4O/c15-11-5-3-10(4-6-11)14-17-13(20-18-14)9-19-7-1-2-12(16)8-19/h3-6,12H,1-2,7-9,16H2/t12-/m1/s1. The number of piperidine rings is 1. The van der Waals surface area contributed by atoms with Crippen molar-refractivity contribution < 1.29 is 8.91 Å². The Morgan fingerprint density at radius 1 is 1.35 bits per heavy atom. The molecule has 1 aromatic heterocycles. The Morgan fingerprint density at radius 3 is 2.90 bits per heavy atom. The first kappa shape index (κ1) is 13.2. The van der Waals surface area contributed by atoms with Crippen molar-refractivity contribution in [3.63, 3.8) is 0 Å². The third-order valence-electron chi connectivity index (χ3n) is 3.47. The van der Waals surface area contributed by atoms with Crippen molar-refractivity contribution in [2.75, 3.05) is 13.1 Å². The number of hydrogen-bond donors (Lipinski definition) is 1. The van der Waals surface area contributed by atoms with E-state index in [2.05, 4.69) is 15.0 Å². The second-order valence-electron chi connectivity index (χ2n) is 5.16. The molecule has 106 valence electrons. The van der Waals surface area contributed by atoms with Gasteiger partial charge in [-0.1, -0.05) is 5.16 Å². The average Bonchev–Trinajstić information content (AvgIpc) is 2.88. The number of benzene rings is 1. The Hall–Kier alpha value is -1.79. The van der Waals surface area contributed by atoms with Gasteiger partial charge in [-0.2, -0.15) is 4.98 Å². The van der Waals surface area contributed by atoms with Crippen molar-refractivity contribution in [1.82, 2.24) is 15.0 Å². The van der Waals surface area contributed by atoms with Crippen molar-refractivity contribution in [2.24, 2.45) is 5.73 Å². The molecule has 1 aromatic carbocycles. The lowest BCUT2D eigenvalue weighted by Gasteiger charge is -2.29. The molecule has 6 heteroatoms. The predicted octanol–water partition coefficient (Wildman–Crippen LogP) is 1.80. The lowest BCUT2D eigenvalue weighted by atomic mass is 10.1. The molecule has 2 heterocycles. The van der Waals surface area contributed by atoms with E-state index in [9.17, 15) is 4.39 Å². The maximum Gasteiger partial charge on any atom is 0.241 e. The topological polar surface area (TPSA) is 68.2 Å². The summed E-state index contributed by atoms with van der Waals surface area (Å²) in [4.78, 5) is 6.56. The van der Waals surface area contributed by atoms with Crippen LogP contribution < -0.4 is 5.73 Å². The molecule has 1 aliphatic heterocycles. The van der Waals surface area contributed by atoms with Crippen LogP contribution in [0.3, 0.4) is 0 Å². The fourth-order valence-electron chi connectivity index (χ4n) is 2.46. The largest absolute Gasteiger partial charge is 0.338 e. The second-order valence-corrected chi connectivity index (χ2v) is 5.16. The van der Waals surface area contributed by atoms with E-state index in [1.165, 1.54) is 12.1 Å². The molecule has 0 spiro atoms. The van der Waals surface area contributed by atoms with E-state index in [0.29, 0.717) is 18.3 Å². The van der Waals surface area contributed by atoms with Crippen LogP contribution in [0.25, 0.3) is 11.4 Å². The van der Waals surface area contributed by atoms with Crippen LogP contribution in [0.15, 0.2) is 28.8 Å². The fourth-order valence-corrected chi connectivity index (χ4v) is 2.46. The molecule has 2 N–H and O–H groups in total. The summed E-state index contributed by atoms with van der Waals surface area (Å²) in [6.45, 7) is 2.47. The molecule has 3 rings (SSSR count). The molecular weight excluding hydrogens is 259 g/mol. The zero-order chi connectivity index (χ0) is 13.9. The highest BCUT2D eigenvalue weighted by Gasteiger charge is 2.19. The molecule has 20 heavy (non-hydrogen) atoms. The van der Waals surface area contributed by atoms with Gasteiger partial charge < -0.3 is 10.3 Å². The molecule has 0 radical (unpaired) electrons. The van der Waals surface area contributed by atoms with Crippen LogP contribution in [0.5, 0.6) is 0 Å². The van der Waals surface area contributed by atoms with Crippen LogP contribution in [0.2, 0.25) is 0 Å². The minimum Gasteiger partial charge on any atom is -0.338 e. The van der Waals surface area contributed by atoms with Crippen LogP contribution in [0.4, 0.5) is 4.39 Å². The molecule has 0 bridgehead atoms. The number of likely N-dealkylation sites (tertiary alicyclic amines) is 1.